The second kappa shape index (κ2) is 8.87. The number of aromatic nitrogens is 1. The van der Waals surface area contributed by atoms with Gasteiger partial charge in [-0.2, -0.15) is 0 Å². The predicted molar refractivity (Wildman–Crippen MR) is 108 cm³/mol. The van der Waals surface area contributed by atoms with Gasteiger partial charge in [-0.1, -0.05) is 18.2 Å². The van der Waals surface area contributed by atoms with Crippen LogP contribution >= 0.6 is 0 Å². The normalized spacial score (nSPS) is 15.8. The van der Waals surface area contributed by atoms with Gasteiger partial charge in [-0.05, 0) is 35.9 Å². The van der Waals surface area contributed by atoms with Crippen molar-refractivity contribution in [2.75, 3.05) is 37.6 Å². The van der Waals surface area contributed by atoms with Gasteiger partial charge < -0.3 is 14.6 Å². The van der Waals surface area contributed by atoms with Crippen LogP contribution in [0, 0.1) is 5.82 Å². The number of amides is 1. The van der Waals surface area contributed by atoms with Crippen molar-refractivity contribution in [3.8, 4) is 0 Å². The van der Waals surface area contributed by atoms with Crippen LogP contribution in [0.25, 0.3) is 0 Å². The summed E-state index contributed by atoms with van der Waals surface area (Å²) in [7, 11) is 0. The van der Waals surface area contributed by atoms with Gasteiger partial charge in [-0.25, -0.2) is 4.39 Å². The minimum atomic E-state index is -0.242. The molecule has 0 radical (unpaired) electrons. The summed E-state index contributed by atoms with van der Waals surface area (Å²) < 4.78 is 19.3. The Bertz CT molecular complexity index is 925. The largest absolute Gasteiger partial charge is 0.459 e. The Morgan fingerprint density at radius 1 is 1.10 bits per heavy atom. The molecule has 3 heterocycles. The summed E-state index contributed by atoms with van der Waals surface area (Å²) in [5, 5.41) is 2.96. The van der Waals surface area contributed by atoms with Gasteiger partial charge in [-0.3, -0.25) is 14.7 Å². The molecule has 150 valence electrons. The van der Waals surface area contributed by atoms with E-state index in [4.69, 9.17) is 4.42 Å². The molecular formula is C22H23FN4O2. The van der Waals surface area contributed by atoms with Crippen molar-refractivity contribution < 1.29 is 13.6 Å². The number of hydrogen-bond donors (Lipinski definition) is 1. The number of carbonyl (C=O) groups excluding carboxylic acids is 1. The SMILES string of the molecule is O=C(NC[C@@H](c1cccnc1)N1CCN(c2ccccc2F)CC1)c1ccco1. The van der Waals surface area contributed by atoms with E-state index in [0.717, 1.165) is 18.7 Å². The lowest BCUT2D eigenvalue weighted by Gasteiger charge is -2.40. The van der Waals surface area contributed by atoms with Gasteiger partial charge in [-0.15, -0.1) is 0 Å². The van der Waals surface area contributed by atoms with Gasteiger partial charge in [0.2, 0.25) is 0 Å². The van der Waals surface area contributed by atoms with Crippen molar-refractivity contribution in [1.82, 2.24) is 15.2 Å². The van der Waals surface area contributed by atoms with Crippen molar-refractivity contribution in [1.29, 1.82) is 0 Å². The van der Waals surface area contributed by atoms with Crippen LogP contribution in [0.5, 0.6) is 0 Å². The maximum absolute atomic E-state index is 14.1. The highest BCUT2D eigenvalue weighted by Crippen LogP contribution is 2.25. The van der Waals surface area contributed by atoms with Crippen molar-refractivity contribution in [2.45, 2.75) is 6.04 Å². The maximum atomic E-state index is 14.1. The highest BCUT2D eigenvalue weighted by atomic mass is 19.1. The van der Waals surface area contributed by atoms with E-state index in [1.165, 1.54) is 12.3 Å². The fourth-order valence-corrected chi connectivity index (χ4v) is 3.70. The minimum Gasteiger partial charge on any atom is -0.459 e. The fraction of sp³-hybridized carbons (Fsp3) is 0.273. The van der Waals surface area contributed by atoms with Crippen LogP contribution in [0.1, 0.15) is 22.2 Å². The summed E-state index contributed by atoms with van der Waals surface area (Å²) in [6, 6.07) is 14.1. The highest BCUT2D eigenvalue weighted by Gasteiger charge is 2.27. The molecule has 29 heavy (non-hydrogen) atoms. The number of piperazine rings is 1. The Balaban J connectivity index is 1.44. The number of furan rings is 1. The molecule has 6 nitrogen and oxygen atoms in total. The van der Waals surface area contributed by atoms with Crippen molar-refractivity contribution in [3.05, 3.63) is 84.3 Å². The molecule has 1 fully saturated rings. The van der Waals surface area contributed by atoms with E-state index in [0.29, 0.717) is 31.1 Å². The monoisotopic (exact) mass is 394 g/mol. The third-order valence-corrected chi connectivity index (χ3v) is 5.22. The summed E-state index contributed by atoms with van der Waals surface area (Å²) in [5.74, 6) is -0.149. The number of rotatable bonds is 6. The van der Waals surface area contributed by atoms with E-state index < -0.39 is 0 Å². The van der Waals surface area contributed by atoms with Gasteiger partial charge in [0.25, 0.3) is 5.91 Å². The van der Waals surface area contributed by atoms with Gasteiger partial charge in [0.1, 0.15) is 5.82 Å². The molecule has 1 atom stereocenters. The fourth-order valence-electron chi connectivity index (χ4n) is 3.70. The number of pyridine rings is 1. The summed E-state index contributed by atoms with van der Waals surface area (Å²) in [4.78, 5) is 20.9. The van der Waals surface area contributed by atoms with Crippen molar-refractivity contribution in [3.63, 3.8) is 0 Å². The second-order valence-corrected chi connectivity index (χ2v) is 6.96. The molecule has 4 rings (SSSR count). The Morgan fingerprint density at radius 3 is 2.62 bits per heavy atom. The van der Waals surface area contributed by atoms with E-state index in [2.05, 4.69) is 20.1 Å². The summed E-state index contributed by atoms with van der Waals surface area (Å²) in [5.41, 5.74) is 1.67. The number of nitrogens with one attached hydrogen (secondary N) is 1. The highest BCUT2D eigenvalue weighted by molar-refractivity contribution is 5.91. The molecule has 1 aliphatic heterocycles. The Hall–Kier alpha value is -3.19. The first-order chi connectivity index (χ1) is 14.2. The molecule has 1 aliphatic rings. The van der Waals surface area contributed by atoms with Crippen LogP contribution < -0.4 is 10.2 Å². The Labute approximate surface area is 169 Å². The van der Waals surface area contributed by atoms with Crippen LogP contribution in [0.15, 0.2) is 71.6 Å². The third-order valence-electron chi connectivity index (χ3n) is 5.22. The van der Waals surface area contributed by atoms with Gasteiger partial charge in [0, 0.05) is 45.1 Å². The van der Waals surface area contributed by atoms with Crippen molar-refractivity contribution in [2.24, 2.45) is 0 Å². The average Bonchev–Trinajstić information content (AvgIpc) is 3.31. The predicted octanol–water partition coefficient (Wildman–Crippen LogP) is 3.11. The lowest BCUT2D eigenvalue weighted by molar-refractivity contribution is 0.0902. The smallest absolute Gasteiger partial charge is 0.287 e. The molecule has 3 aromatic rings. The first kappa shape index (κ1) is 19.1. The van der Waals surface area contributed by atoms with Crippen LogP contribution in [-0.2, 0) is 0 Å². The summed E-state index contributed by atoms with van der Waals surface area (Å²) in [6.07, 6.45) is 5.04. The van der Waals surface area contributed by atoms with Crippen molar-refractivity contribution >= 4 is 11.6 Å². The first-order valence-corrected chi connectivity index (χ1v) is 9.67. The zero-order valence-electron chi connectivity index (χ0n) is 16.0. The quantitative estimate of drug-likeness (QED) is 0.696. The molecule has 0 spiro atoms. The number of para-hydroxylation sites is 1. The molecule has 1 aromatic carbocycles. The second-order valence-electron chi connectivity index (χ2n) is 6.96. The molecule has 1 N–H and O–H groups in total. The number of benzene rings is 1. The standard InChI is InChI=1S/C22H23FN4O2/c23-18-6-1-2-7-19(18)26-10-12-27(13-11-26)20(17-5-3-9-24-15-17)16-25-22(28)21-8-4-14-29-21/h1-9,14-15,20H,10-13,16H2,(H,25,28)/t20-/m0/s1. The number of hydrogen-bond acceptors (Lipinski definition) is 5. The molecule has 1 amide bonds. The van der Waals surface area contributed by atoms with Crippen LogP contribution in [0.4, 0.5) is 10.1 Å². The van der Waals surface area contributed by atoms with E-state index in [1.807, 2.05) is 30.5 Å². The maximum Gasteiger partial charge on any atom is 0.287 e. The van der Waals surface area contributed by atoms with E-state index in [1.54, 1.807) is 24.4 Å². The van der Waals surface area contributed by atoms with Gasteiger partial charge in [0.05, 0.1) is 18.0 Å². The summed E-state index contributed by atoms with van der Waals surface area (Å²) in [6.45, 7) is 3.37. The van der Waals surface area contributed by atoms with Crippen LogP contribution in [-0.4, -0.2) is 48.5 Å². The zero-order valence-corrected chi connectivity index (χ0v) is 16.0. The van der Waals surface area contributed by atoms with E-state index in [9.17, 15) is 9.18 Å². The molecule has 0 saturated carbocycles. The first-order valence-electron chi connectivity index (χ1n) is 9.67. The third kappa shape index (κ3) is 4.46. The van der Waals surface area contributed by atoms with Gasteiger partial charge in [0.15, 0.2) is 5.76 Å². The number of nitrogens with zero attached hydrogens (tertiary/aromatic N) is 3. The average molecular weight is 394 g/mol. The zero-order chi connectivity index (χ0) is 20.1. The van der Waals surface area contributed by atoms with E-state index >= 15 is 0 Å². The molecule has 2 aromatic heterocycles. The molecular weight excluding hydrogens is 371 g/mol. The molecule has 7 heteroatoms. The molecule has 0 aliphatic carbocycles. The molecule has 0 unspecified atom stereocenters. The number of halogens is 1. The topological polar surface area (TPSA) is 61.6 Å². The lowest BCUT2D eigenvalue weighted by Crippen LogP contribution is -2.50. The van der Waals surface area contributed by atoms with Gasteiger partial charge >= 0.3 is 0 Å². The number of carbonyl (C=O) groups is 1. The molecule has 0 bridgehead atoms. The summed E-state index contributed by atoms with van der Waals surface area (Å²) >= 11 is 0. The Morgan fingerprint density at radius 2 is 1.93 bits per heavy atom. The molecule has 1 saturated heterocycles. The van der Waals surface area contributed by atoms with Crippen LogP contribution in [0.3, 0.4) is 0 Å². The van der Waals surface area contributed by atoms with E-state index in [-0.39, 0.29) is 17.8 Å². The minimum absolute atomic E-state index is 0.0228. The lowest BCUT2D eigenvalue weighted by atomic mass is 10.1. The van der Waals surface area contributed by atoms with Crippen LogP contribution in [0.2, 0.25) is 0 Å². The number of anilines is 1. The Kier molecular flexibility index (Phi) is 5.86.